The maximum Gasteiger partial charge on any atom is 0.328 e. The van der Waals surface area contributed by atoms with Gasteiger partial charge in [0, 0.05) is 30.0 Å². The van der Waals surface area contributed by atoms with E-state index in [1.165, 1.54) is 32.4 Å². The number of nitro benzene ring substituents is 1. The summed E-state index contributed by atoms with van der Waals surface area (Å²) < 4.78 is 9.88. The molecule has 1 N–H and O–H groups in total. The number of nitro groups is 1. The summed E-state index contributed by atoms with van der Waals surface area (Å²) in [5.41, 5.74) is 0.339. The van der Waals surface area contributed by atoms with Crippen LogP contribution < -0.4 is 10.1 Å². The molecule has 0 heterocycles. The summed E-state index contributed by atoms with van der Waals surface area (Å²) in [6, 6.07) is 3.20. The second-order valence-electron chi connectivity index (χ2n) is 5.32. The zero-order chi connectivity index (χ0) is 17.0. The minimum absolute atomic E-state index is 0.0516. The average Bonchev–Trinajstić information content (AvgIpc) is 3.38. The topological polar surface area (TPSA) is 108 Å². The number of ether oxygens (including phenoxy) is 2. The molecule has 0 radical (unpaired) electrons. The van der Waals surface area contributed by atoms with Crippen molar-refractivity contribution in [2.24, 2.45) is 5.92 Å². The molecule has 2 rings (SSSR count). The van der Waals surface area contributed by atoms with Crippen LogP contribution in [0.15, 0.2) is 18.2 Å². The third kappa shape index (κ3) is 4.18. The van der Waals surface area contributed by atoms with Crippen LogP contribution in [0.5, 0.6) is 5.75 Å². The van der Waals surface area contributed by atoms with Gasteiger partial charge in [-0.2, -0.15) is 0 Å². The van der Waals surface area contributed by atoms with E-state index >= 15 is 0 Å². The molecule has 8 heteroatoms. The summed E-state index contributed by atoms with van der Waals surface area (Å²) in [6.07, 6.45) is 1.66. The number of rotatable bonds is 7. The standard InChI is InChI=1S/C15H18N2O6/c1-22-13-6-5-11(17(20)21)7-10(13)8-12(15(19)23-2)16-14(18)9-3-4-9/h5-7,9,12H,3-4,8H2,1-2H3,(H,16,18)/t12-/m0/s1. The predicted molar refractivity (Wildman–Crippen MR) is 80.0 cm³/mol. The van der Waals surface area contributed by atoms with E-state index in [9.17, 15) is 19.7 Å². The molecule has 1 saturated carbocycles. The smallest absolute Gasteiger partial charge is 0.328 e. The molecule has 124 valence electrons. The van der Waals surface area contributed by atoms with Gasteiger partial charge >= 0.3 is 5.97 Å². The molecular formula is C15H18N2O6. The first kappa shape index (κ1) is 16.7. The van der Waals surface area contributed by atoms with Gasteiger partial charge in [-0.25, -0.2) is 4.79 Å². The van der Waals surface area contributed by atoms with Crippen LogP contribution in [0, 0.1) is 16.0 Å². The lowest BCUT2D eigenvalue weighted by Crippen LogP contribution is -2.43. The van der Waals surface area contributed by atoms with Crippen LogP contribution in [-0.2, 0) is 20.7 Å². The Morgan fingerprint density at radius 2 is 2.09 bits per heavy atom. The molecule has 1 aromatic carbocycles. The third-order valence-electron chi connectivity index (χ3n) is 3.65. The number of carbonyl (C=O) groups is 2. The first-order valence-electron chi connectivity index (χ1n) is 7.15. The molecule has 1 atom stereocenters. The maximum atomic E-state index is 11.9. The number of amides is 1. The molecule has 1 aliphatic carbocycles. The van der Waals surface area contributed by atoms with Crippen LogP contribution >= 0.6 is 0 Å². The predicted octanol–water partition coefficient (Wildman–Crippen LogP) is 1.21. The molecule has 1 amide bonds. The van der Waals surface area contributed by atoms with E-state index in [1.54, 1.807) is 0 Å². The van der Waals surface area contributed by atoms with E-state index in [4.69, 9.17) is 9.47 Å². The monoisotopic (exact) mass is 322 g/mol. The van der Waals surface area contributed by atoms with Gasteiger partial charge in [0.1, 0.15) is 11.8 Å². The maximum absolute atomic E-state index is 11.9. The number of benzene rings is 1. The summed E-state index contributed by atoms with van der Waals surface area (Å²) in [5, 5.41) is 13.5. The van der Waals surface area contributed by atoms with Gasteiger partial charge in [-0.3, -0.25) is 14.9 Å². The van der Waals surface area contributed by atoms with Crippen molar-refractivity contribution in [1.29, 1.82) is 0 Å². The summed E-state index contributed by atoms with van der Waals surface area (Å²) in [5.74, 6) is -0.461. The molecule has 1 aliphatic rings. The van der Waals surface area contributed by atoms with Gasteiger partial charge in [0.25, 0.3) is 5.69 Å². The number of esters is 1. The van der Waals surface area contributed by atoms with Crippen molar-refractivity contribution in [2.75, 3.05) is 14.2 Å². The Hall–Kier alpha value is -2.64. The van der Waals surface area contributed by atoms with Crippen molar-refractivity contribution >= 4 is 17.6 Å². The van der Waals surface area contributed by atoms with Crippen molar-refractivity contribution < 1.29 is 24.0 Å². The molecule has 0 saturated heterocycles. The summed E-state index contributed by atoms with van der Waals surface area (Å²) in [7, 11) is 2.66. The Morgan fingerprint density at radius 3 is 2.61 bits per heavy atom. The largest absolute Gasteiger partial charge is 0.496 e. The summed E-state index contributed by atoms with van der Waals surface area (Å²) in [4.78, 5) is 34.2. The van der Waals surface area contributed by atoms with Crippen LogP contribution in [0.2, 0.25) is 0 Å². The zero-order valence-electron chi connectivity index (χ0n) is 12.9. The van der Waals surface area contributed by atoms with Crippen LogP contribution in [0.4, 0.5) is 5.69 Å². The number of nitrogens with zero attached hydrogens (tertiary/aromatic N) is 1. The highest BCUT2D eigenvalue weighted by Crippen LogP contribution is 2.29. The van der Waals surface area contributed by atoms with Crippen molar-refractivity contribution in [1.82, 2.24) is 5.32 Å². The van der Waals surface area contributed by atoms with E-state index in [2.05, 4.69) is 5.32 Å². The molecule has 23 heavy (non-hydrogen) atoms. The number of non-ortho nitro benzene ring substituents is 1. The van der Waals surface area contributed by atoms with E-state index in [1.807, 2.05) is 0 Å². The van der Waals surface area contributed by atoms with Crippen molar-refractivity contribution in [3.8, 4) is 5.75 Å². The Balaban J connectivity index is 2.22. The molecule has 1 fully saturated rings. The molecule has 0 aromatic heterocycles. The van der Waals surface area contributed by atoms with Gasteiger partial charge in [0.05, 0.1) is 19.1 Å². The lowest BCUT2D eigenvalue weighted by molar-refractivity contribution is -0.384. The molecule has 0 aliphatic heterocycles. The second kappa shape index (κ2) is 7.08. The molecule has 8 nitrogen and oxygen atoms in total. The lowest BCUT2D eigenvalue weighted by Gasteiger charge is -2.18. The van der Waals surface area contributed by atoms with E-state index < -0.39 is 16.9 Å². The Bertz CT molecular complexity index is 626. The Labute approximate surface area is 132 Å². The fourth-order valence-electron chi connectivity index (χ4n) is 2.23. The highest BCUT2D eigenvalue weighted by atomic mass is 16.6. The van der Waals surface area contributed by atoms with Gasteiger partial charge < -0.3 is 14.8 Å². The molecule has 0 bridgehead atoms. The second-order valence-corrected chi connectivity index (χ2v) is 5.32. The van der Waals surface area contributed by atoms with Crippen LogP contribution in [0.1, 0.15) is 18.4 Å². The van der Waals surface area contributed by atoms with Gasteiger partial charge in [0.15, 0.2) is 0 Å². The van der Waals surface area contributed by atoms with Crippen molar-refractivity contribution in [3.63, 3.8) is 0 Å². The first-order valence-corrected chi connectivity index (χ1v) is 7.15. The number of hydrogen-bond acceptors (Lipinski definition) is 6. The lowest BCUT2D eigenvalue weighted by atomic mass is 10.0. The van der Waals surface area contributed by atoms with Crippen LogP contribution in [0.3, 0.4) is 0 Å². The number of hydrogen-bond donors (Lipinski definition) is 1. The Morgan fingerprint density at radius 1 is 1.39 bits per heavy atom. The Kier molecular flexibility index (Phi) is 5.15. The summed E-state index contributed by atoms with van der Waals surface area (Å²) >= 11 is 0. The molecule has 0 spiro atoms. The molecule has 0 unspecified atom stereocenters. The molecule has 1 aromatic rings. The quantitative estimate of drug-likeness (QED) is 0.459. The van der Waals surface area contributed by atoms with Crippen molar-refractivity contribution in [2.45, 2.75) is 25.3 Å². The number of carbonyl (C=O) groups excluding carboxylic acids is 2. The number of methoxy groups -OCH3 is 2. The molecular weight excluding hydrogens is 304 g/mol. The highest BCUT2D eigenvalue weighted by Gasteiger charge is 2.33. The van der Waals surface area contributed by atoms with E-state index in [-0.39, 0.29) is 23.9 Å². The SMILES string of the molecule is COC(=O)[C@H](Cc1cc([N+](=O)[O-])ccc1OC)NC(=O)C1CC1. The minimum atomic E-state index is -0.913. The highest BCUT2D eigenvalue weighted by molar-refractivity contribution is 5.87. The van der Waals surface area contributed by atoms with Gasteiger partial charge in [0.2, 0.25) is 5.91 Å². The fourth-order valence-corrected chi connectivity index (χ4v) is 2.23. The van der Waals surface area contributed by atoms with E-state index in [0.717, 1.165) is 12.8 Å². The normalized spacial score (nSPS) is 14.7. The van der Waals surface area contributed by atoms with Gasteiger partial charge in [-0.15, -0.1) is 0 Å². The van der Waals surface area contributed by atoms with Crippen LogP contribution in [0.25, 0.3) is 0 Å². The van der Waals surface area contributed by atoms with Gasteiger partial charge in [-0.1, -0.05) is 0 Å². The zero-order valence-corrected chi connectivity index (χ0v) is 12.9. The van der Waals surface area contributed by atoms with Gasteiger partial charge in [-0.05, 0) is 18.9 Å². The summed E-state index contributed by atoms with van der Waals surface area (Å²) in [6.45, 7) is 0. The van der Waals surface area contributed by atoms with E-state index in [0.29, 0.717) is 11.3 Å². The fraction of sp³-hybridized carbons (Fsp3) is 0.467. The van der Waals surface area contributed by atoms with Crippen molar-refractivity contribution in [3.05, 3.63) is 33.9 Å². The van der Waals surface area contributed by atoms with Crippen LogP contribution in [-0.4, -0.2) is 37.1 Å². The average molecular weight is 322 g/mol. The third-order valence-corrected chi connectivity index (χ3v) is 3.65. The number of nitrogens with one attached hydrogen (secondary N) is 1. The first-order chi connectivity index (χ1) is 11.0. The minimum Gasteiger partial charge on any atom is -0.496 e.